The van der Waals surface area contributed by atoms with Gasteiger partial charge in [0.15, 0.2) is 0 Å². The van der Waals surface area contributed by atoms with Crippen LogP contribution in [0, 0.1) is 0 Å². The van der Waals surface area contributed by atoms with Crippen molar-refractivity contribution in [2.75, 3.05) is 0 Å². The monoisotopic (exact) mass is 310 g/mol. The van der Waals surface area contributed by atoms with Gasteiger partial charge < -0.3 is 20.2 Å². The maximum Gasteiger partial charge on any atom is 0.387 e. The first-order chi connectivity index (χ1) is 10.5. The van der Waals surface area contributed by atoms with E-state index in [0.717, 1.165) is 5.56 Å². The Kier molecular flexibility index (Phi) is 5.11. The third-order valence-electron chi connectivity index (χ3n) is 3.07. The second-order valence-corrected chi connectivity index (χ2v) is 4.65. The molecule has 7 heteroatoms. The lowest BCUT2D eigenvalue weighted by Gasteiger charge is -2.14. The summed E-state index contributed by atoms with van der Waals surface area (Å²) in [5, 5.41) is 2.78. The minimum Gasteiger partial charge on any atom is -0.467 e. The molecular formula is C15H16F2N2O3. The number of alkyl halides is 2. The normalized spacial score (nSPS) is 12.2. The predicted octanol–water partition coefficient (Wildman–Crippen LogP) is 2.83. The van der Waals surface area contributed by atoms with Crippen molar-refractivity contribution in [3.63, 3.8) is 0 Å². The van der Waals surface area contributed by atoms with Crippen LogP contribution >= 0.6 is 0 Å². The van der Waals surface area contributed by atoms with Gasteiger partial charge in [-0.2, -0.15) is 8.78 Å². The zero-order valence-corrected chi connectivity index (χ0v) is 11.9. The average molecular weight is 310 g/mol. The summed E-state index contributed by atoms with van der Waals surface area (Å²) in [6.45, 7) is -0.861. The van der Waals surface area contributed by atoms with Crippen LogP contribution in [0.1, 0.15) is 34.6 Å². The summed E-state index contributed by atoms with van der Waals surface area (Å²) in [5.74, 6) is 0.287. The Hall–Kier alpha value is -2.41. The Bertz CT molecular complexity index is 626. The second-order valence-electron chi connectivity index (χ2n) is 4.65. The van der Waals surface area contributed by atoms with Crippen molar-refractivity contribution in [2.45, 2.75) is 26.1 Å². The molecule has 2 aromatic rings. The van der Waals surface area contributed by atoms with Gasteiger partial charge in [-0.05, 0) is 30.7 Å². The molecule has 0 spiro atoms. The van der Waals surface area contributed by atoms with Gasteiger partial charge in [0, 0.05) is 0 Å². The maximum absolute atomic E-state index is 12.1. The van der Waals surface area contributed by atoms with Gasteiger partial charge in [-0.25, -0.2) is 0 Å². The van der Waals surface area contributed by atoms with Crippen LogP contribution in [-0.4, -0.2) is 12.5 Å². The first-order valence-corrected chi connectivity index (χ1v) is 6.62. The summed E-state index contributed by atoms with van der Waals surface area (Å²) < 4.78 is 33.5. The van der Waals surface area contributed by atoms with E-state index >= 15 is 0 Å². The van der Waals surface area contributed by atoms with E-state index in [2.05, 4.69) is 10.1 Å². The third-order valence-corrected chi connectivity index (χ3v) is 3.07. The number of hydrogen-bond acceptors (Lipinski definition) is 4. The quantitative estimate of drug-likeness (QED) is 0.860. The van der Waals surface area contributed by atoms with Crippen molar-refractivity contribution in [3.05, 3.63) is 53.5 Å². The molecule has 1 amide bonds. The molecule has 1 unspecified atom stereocenters. The number of hydrogen-bond donors (Lipinski definition) is 2. The summed E-state index contributed by atoms with van der Waals surface area (Å²) in [6, 6.07) is 7.35. The summed E-state index contributed by atoms with van der Waals surface area (Å²) in [7, 11) is 0. The van der Waals surface area contributed by atoms with E-state index in [-0.39, 0.29) is 24.2 Å². The lowest BCUT2D eigenvalue weighted by molar-refractivity contribution is -0.0498. The number of ether oxygens (including phenoxy) is 1. The molecule has 0 fully saturated rings. The van der Waals surface area contributed by atoms with Crippen LogP contribution in [0.3, 0.4) is 0 Å². The molecule has 0 bridgehead atoms. The highest BCUT2D eigenvalue weighted by molar-refractivity contribution is 5.94. The number of amides is 1. The van der Waals surface area contributed by atoms with E-state index < -0.39 is 6.61 Å². The van der Waals surface area contributed by atoms with Crippen LogP contribution in [0.4, 0.5) is 8.78 Å². The van der Waals surface area contributed by atoms with E-state index in [1.54, 1.807) is 25.1 Å². The third kappa shape index (κ3) is 4.05. The highest BCUT2D eigenvalue weighted by Crippen LogP contribution is 2.19. The maximum atomic E-state index is 12.1. The minimum absolute atomic E-state index is 0.0692. The molecule has 5 nitrogen and oxygen atoms in total. The number of nitrogens with two attached hydrogens (primary N) is 1. The fraction of sp³-hybridized carbons (Fsp3) is 0.267. The molecule has 0 aliphatic heterocycles. The molecule has 0 saturated heterocycles. The number of rotatable bonds is 6. The summed E-state index contributed by atoms with van der Waals surface area (Å²) in [6.07, 6.45) is 1.34. The topological polar surface area (TPSA) is 77.5 Å². The van der Waals surface area contributed by atoms with Crippen molar-refractivity contribution in [1.29, 1.82) is 0 Å². The second kappa shape index (κ2) is 7.04. The number of halogens is 2. The van der Waals surface area contributed by atoms with Gasteiger partial charge in [0.1, 0.15) is 17.8 Å². The molecule has 0 saturated carbocycles. The number of carbonyl (C=O) groups is 1. The van der Waals surface area contributed by atoms with Gasteiger partial charge in [0.05, 0.1) is 18.2 Å². The van der Waals surface area contributed by atoms with Crippen LogP contribution < -0.4 is 15.8 Å². The van der Waals surface area contributed by atoms with Crippen LogP contribution in [0.5, 0.6) is 5.75 Å². The Morgan fingerprint density at radius 3 is 2.59 bits per heavy atom. The highest BCUT2D eigenvalue weighted by atomic mass is 19.3. The van der Waals surface area contributed by atoms with Gasteiger partial charge in [-0.1, -0.05) is 12.1 Å². The smallest absolute Gasteiger partial charge is 0.387 e. The fourth-order valence-corrected chi connectivity index (χ4v) is 1.91. The molecule has 3 N–H and O–H groups in total. The van der Waals surface area contributed by atoms with E-state index in [1.807, 2.05) is 0 Å². The van der Waals surface area contributed by atoms with Crippen molar-refractivity contribution in [3.8, 4) is 5.75 Å². The number of furan rings is 1. The van der Waals surface area contributed by atoms with Gasteiger partial charge in [-0.3, -0.25) is 4.79 Å². The summed E-state index contributed by atoms with van der Waals surface area (Å²) in [4.78, 5) is 12.0. The molecule has 2 rings (SSSR count). The van der Waals surface area contributed by atoms with E-state index in [9.17, 15) is 13.6 Å². The van der Waals surface area contributed by atoms with Gasteiger partial charge in [0.2, 0.25) is 0 Å². The molecule has 0 aliphatic rings. The molecule has 1 atom stereocenters. The Morgan fingerprint density at radius 2 is 2.05 bits per heavy atom. The molecule has 22 heavy (non-hydrogen) atoms. The van der Waals surface area contributed by atoms with Gasteiger partial charge in [0.25, 0.3) is 5.91 Å². The van der Waals surface area contributed by atoms with Crippen molar-refractivity contribution in [2.24, 2.45) is 5.73 Å². The van der Waals surface area contributed by atoms with Gasteiger partial charge >= 0.3 is 6.61 Å². The summed E-state index contributed by atoms with van der Waals surface area (Å²) in [5.41, 5.74) is 6.55. The number of benzene rings is 1. The molecule has 0 radical (unpaired) electrons. The molecular weight excluding hydrogens is 294 g/mol. The van der Waals surface area contributed by atoms with E-state index in [0.29, 0.717) is 11.3 Å². The molecule has 118 valence electrons. The van der Waals surface area contributed by atoms with Crippen LogP contribution in [0.25, 0.3) is 0 Å². The zero-order valence-electron chi connectivity index (χ0n) is 11.9. The molecule has 1 heterocycles. The first kappa shape index (κ1) is 16.0. The van der Waals surface area contributed by atoms with Gasteiger partial charge in [-0.15, -0.1) is 0 Å². The van der Waals surface area contributed by atoms with Crippen molar-refractivity contribution < 1.29 is 22.7 Å². The number of carbonyl (C=O) groups excluding carboxylic acids is 1. The standard InChI is InChI=1S/C15H16F2N2O3/c1-9(10-2-4-12(5-3-10)22-15(16)17)19-14(20)11-6-13(7-18)21-8-11/h2-6,8-9,15H,7,18H2,1H3,(H,19,20). The Morgan fingerprint density at radius 1 is 1.36 bits per heavy atom. The van der Waals surface area contributed by atoms with Crippen molar-refractivity contribution in [1.82, 2.24) is 5.32 Å². The lowest BCUT2D eigenvalue weighted by atomic mass is 10.1. The van der Waals surface area contributed by atoms with Crippen LogP contribution in [0.2, 0.25) is 0 Å². The van der Waals surface area contributed by atoms with E-state index in [1.165, 1.54) is 18.4 Å². The zero-order chi connectivity index (χ0) is 16.1. The summed E-state index contributed by atoms with van der Waals surface area (Å²) >= 11 is 0. The first-order valence-electron chi connectivity index (χ1n) is 6.62. The lowest BCUT2D eigenvalue weighted by Crippen LogP contribution is -2.26. The molecule has 1 aromatic carbocycles. The van der Waals surface area contributed by atoms with E-state index in [4.69, 9.17) is 10.2 Å². The van der Waals surface area contributed by atoms with Crippen molar-refractivity contribution >= 4 is 5.91 Å². The van der Waals surface area contributed by atoms with Crippen LogP contribution in [-0.2, 0) is 6.54 Å². The molecule has 0 aliphatic carbocycles. The minimum atomic E-state index is -2.86. The predicted molar refractivity (Wildman–Crippen MR) is 75.6 cm³/mol. The largest absolute Gasteiger partial charge is 0.467 e. The Labute approximate surface area is 126 Å². The fourth-order valence-electron chi connectivity index (χ4n) is 1.91. The highest BCUT2D eigenvalue weighted by Gasteiger charge is 2.14. The van der Waals surface area contributed by atoms with Crippen LogP contribution in [0.15, 0.2) is 41.0 Å². The Balaban J connectivity index is 1.99. The SMILES string of the molecule is CC(NC(=O)c1coc(CN)c1)c1ccc(OC(F)F)cc1. The average Bonchev–Trinajstić information content (AvgIpc) is 2.96. The number of nitrogens with one attached hydrogen (secondary N) is 1. The molecule has 1 aromatic heterocycles.